The van der Waals surface area contributed by atoms with Crippen LogP contribution >= 0.6 is 0 Å². The summed E-state index contributed by atoms with van der Waals surface area (Å²) in [4.78, 5) is 0. The van der Waals surface area contributed by atoms with Crippen molar-refractivity contribution in [3.63, 3.8) is 0 Å². The van der Waals surface area contributed by atoms with Gasteiger partial charge in [-0.15, -0.1) is 0 Å². The van der Waals surface area contributed by atoms with Crippen molar-refractivity contribution < 1.29 is 13.2 Å². The number of nitrogens with one attached hydrogen (secondary N) is 2. The van der Waals surface area contributed by atoms with Crippen molar-refractivity contribution in [2.24, 2.45) is 0 Å². The van der Waals surface area contributed by atoms with Crippen LogP contribution in [-0.4, -0.2) is 28.1 Å². The van der Waals surface area contributed by atoms with Gasteiger partial charge < -0.3 is 4.74 Å². The van der Waals surface area contributed by atoms with Crippen LogP contribution in [0.25, 0.3) is 0 Å². The zero-order chi connectivity index (χ0) is 15.0. The Morgan fingerprint density at radius 3 is 2.35 bits per heavy atom. The molecule has 0 saturated heterocycles. The molecule has 1 rings (SSSR count). The molecule has 0 heterocycles. The molecule has 0 amide bonds. The largest absolute Gasteiger partial charge is 0.497 e. The average Bonchev–Trinajstić information content (AvgIpc) is 2.37. The second-order valence-corrected chi connectivity index (χ2v) is 6.51. The number of hydrogen-bond donors (Lipinski definition) is 2. The van der Waals surface area contributed by atoms with E-state index in [1.165, 1.54) is 5.56 Å². The number of rotatable bonds is 9. The predicted octanol–water partition coefficient (Wildman–Crippen LogP) is 1.85. The van der Waals surface area contributed by atoms with Gasteiger partial charge in [-0.2, -0.15) is 13.1 Å². The fourth-order valence-corrected chi connectivity index (χ4v) is 2.92. The number of hydrogen-bond acceptors (Lipinski definition) is 3. The molecule has 0 fully saturated rings. The van der Waals surface area contributed by atoms with Gasteiger partial charge in [0.05, 0.1) is 7.11 Å². The first-order chi connectivity index (χ1) is 9.43. The number of aryl methyl sites for hydroxylation is 1. The molecule has 114 valence electrons. The van der Waals surface area contributed by atoms with Crippen LogP contribution in [-0.2, 0) is 16.6 Å². The van der Waals surface area contributed by atoms with Crippen LogP contribution in [0.3, 0.4) is 0 Å². The third-order valence-corrected chi connectivity index (χ3v) is 4.10. The van der Waals surface area contributed by atoms with E-state index in [1.54, 1.807) is 21.0 Å². The second kappa shape index (κ2) is 8.24. The summed E-state index contributed by atoms with van der Waals surface area (Å²) in [7, 11) is -1.71. The van der Waals surface area contributed by atoms with Gasteiger partial charge in [-0.1, -0.05) is 12.1 Å². The van der Waals surface area contributed by atoms with Crippen LogP contribution in [0.4, 0.5) is 0 Å². The molecule has 0 unspecified atom stereocenters. The number of ether oxygens (including phenoxy) is 1. The first kappa shape index (κ1) is 16.9. The Morgan fingerprint density at radius 1 is 1.15 bits per heavy atom. The third kappa shape index (κ3) is 6.88. The van der Waals surface area contributed by atoms with E-state index in [1.807, 2.05) is 24.3 Å². The third-order valence-electron chi connectivity index (χ3n) is 2.73. The summed E-state index contributed by atoms with van der Waals surface area (Å²) in [5.74, 6) is 0.848. The van der Waals surface area contributed by atoms with Gasteiger partial charge in [0.15, 0.2) is 0 Å². The normalized spacial score (nSPS) is 11.8. The lowest BCUT2D eigenvalue weighted by molar-refractivity contribution is 0.414. The van der Waals surface area contributed by atoms with Crippen LogP contribution in [0.2, 0.25) is 0 Å². The molecule has 0 bridgehead atoms. The van der Waals surface area contributed by atoms with E-state index in [0.717, 1.165) is 25.0 Å². The molecule has 6 heteroatoms. The average molecular weight is 300 g/mol. The Morgan fingerprint density at radius 2 is 1.80 bits per heavy atom. The highest BCUT2D eigenvalue weighted by Crippen LogP contribution is 2.12. The highest BCUT2D eigenvalue weighted by molar-refractivity contribution is 7.87. The molecule has 0 aliphatic rings. The Labute approximate surface area is 121 Å². The standard InChI is InChI=1S/C14H24N2O3S/c1-12(2)16-20(17,18)15-11-5-4-6-13-7-9-14(19-3)10-8-13/h7-10,12,15-16H,4-6,11H2,1-3H3. The number of benzene rings is 1. The van der Waals surface area contributed by atoms with E-state index in [9.17, 15) is 8.42 Å². The molecule has 0 aliphatic carbocycles. The molecule has 0 radical (unpaired) electrons. The Balaban J connectivity index is 2.21. The van der Waals surface area contributed by atoms with Crippen molar-refractivity contribution in [2.75, 3.05) is 13.7 Å². The molecular formula is C14H24N2O3S. The lowest BCUT2D eigenvalue weighted by Gasteiger charge is -2.10. The minimum Gasteiger partial charge on any atom is -0.497 e. The molecule has 0 saturated carbocycles. The van der Waals surface area contributed by atoms with E-state index in [4.69, 9.17) is 4.74 Å². The molecule has 20 heavy (non-hydrogen) atoms. The van der Waals surface area contributed by atoms with Gasteiger partial charge in [-0.25, -0.2) is 4.72 Å². The predicted molar refractivity (Wildman–Crippen MR) is 81.1 cm³/mol. The van der Waals surface area contributed by atoms with Gasteiger partial charge in [0.1, 0.15) is 5.75 Å². The molecule has 0 aliphatic heterocycles. The van der Waals surface area contributed by atoms with E-state index >= 15 is 0 Å². The molecule has 1 aromatic carbocycles. The minimum atomic E-state index is -3.35. The minimum absolute atomic E-state index is 0.0909. The van der Waals surface area contributed by atoms with E-state index in [-0.39, 0.29) is 6.04 Å². The Kier molecular flexibility index (Phi) is 6.98. The van der Waals surface area contributed by atoms with Crippen molar-refractivity contribution in [2.45, 2.75) is 39.2 Å². The van der Waals surface area contributed by atoms with Crippen molar-refractivity contribution >= 4 is 10.2 Å². The molecule has 0 spiro atoms. The monoisotopic (exact) mass is 300 g/mol. The van der Waals surface area contributed by atoms with Crippen LogP contribution in [0.15, 0.2) is 24.3 Å². The summed E-state index contributed by atoms with van der Waals surface area (Å²) in [6.07, 6.45) is 2.69. The van der Waals surface area contributed by atoms with Gasteiger partial charge in [0, 0.05) is 12.6 Å². The van der Waals surface area contributed by atoms with Crippen molar-refractivity contribution in [1.29, 1.82) is 0 Å². The number of methoxy groups -OCH3 is 1. The fraction of sp³-hybridized carbons (Fsp3) is 0.571. The van der Waals surface area contributed by atoms with Gasteiger partial charge in [0.25, 0.3) is 10.2 Å². The molecule has 5 nitrogen and oxygen atoms in total. The van der Waals surface area contributed by atoms with E-state index < -0.39 is 10.2 Å². The molecule has 2 N–H and O–H groups in total. The summed E-state index contributed by atoms with van der Waals surface area (Å²) in [5.41, 5.74) is 1.23. The summed E-state index contributed by atoms with van der Waals surface area (Å²) in [5, 5.41) is 0. The van der Waals surface area contributed by atoms with Crippen LogP contribution in [0.5, 0.6) is 5.75 Å². The lowest BCUT2D eigenvalue weighted by atomic mass is 10.1. The van der Waals surface area contributed by atoms with Crippen LogP contribution in [0, 0.1) is 0 Å². The van der Waals surface area contributed by atoms with E-state index in [0.29, 0.717) is 6.54 Å². The van der Waals surface area contributed by atoms with Gasteiger partial charge in [-0.3, -0.25) is 0 Å². The summed E-state index contributed by atoms with van der Waals surface area (Å²) < 4.78 is 33.1. The molecular weight excluding hydrogens is 276 g/mol. The lowest BCUT2D eigenvalue weighted by Crippen LogP contribution is -2.40. The topological polar surface area (TPSA) is 67.4 Å². The molecule has 1 aromatic rings. The van der Waals surface area contributed by atoms with Gasteiger partial charge >= 0.3 is 0 Å². The smallest absolute Gasteiger partial charge is 0.277 e. The zero-order valence-electron chi connectivity index (χ0n) is 12.3. The Hall–Kier alpha value is -1.11. The first-order valence-corrected chi connectivity index (χ1v) is 8.31. The number of unbranched alkanes of at least 4 members (excludes halogenated alkanes) is 1. The molecule has 0 aromatic heterocycles. The quantitative estimate of drug-likeness (QED) is 0.684. The second-order valence-electron chi connectivity index (χ2n) is 4.98. The maximum atomic E-state index is 11.5. The summed E-state index contributed by atoms with van der Waals surface area (Å²) in [6, 6.07) is 7.84. The highest BCUT2D eigenvalue weighted by Gasteiger charge is 2.09. The van der Waals surface area contributed by atoms with Gasteiger partial charge in [-0.05, 0) is 50.8 Å². The SMILES string of the molecule is COc1ccc(CCCCNS(=O)(=O)NC(C)C)cc1. The van der Waals surface area contributed by atoms with Crippen molar-refractivity contribution in [3.05, 3.63) is 29.8 Å². The summed E-state index contributed by atoms with van der Waals surface area (Å²) in [6.45, 7) is 4.05. The summed E-state index contributed by atoms with van der Waals surface area (Å²) >= 11 is 0. The van der Waals surface area contributed by atoms with Crippen molar-refractivity contribution in [1.82, 2.24) is 9.44 Å². The van der Waals surface area contributed by atoms with Crippen LogP contribution in [0.1, 0.15) is 32.3 Å². The maximum absolute atomic E-state index is 11.5. The zero-order valence-corrected chi connectivity index (χ0v) is 13.2. The van der Waals surface area contributed by atoms with E-state index in [2.05, 4.69) is 9.44 Å². The van der Waals surface area contributed by atoms with Gasteiger partial charge in [0.2, 0.25) is 0 Å². The Bertz CT molecular complexity index is 484. The van der Waals surface area contributed by atoms with Crippen LogP contribution < -0.4 is 14.2 Å². The van der Waals surface area contributed by atoms with Crippen molar-refractivity contribution in [3.8, 4) is 5.75 Å². The fourth-order valence-electron chi connectivity index (χ4n) is 1.80. The maximum Gasteiger partial charge on any atom is 0.277 e. The first-order valence-electron chi connectivity index (χ1n) is 6.83. The molecule has 0 atom stereocenters. The highest BCUT2D eigenvalue weighted by atomic mass is 32.2.